The Morgan fingerprint density at radius 2 is 1.85 bits per heavy atom. The van der Waals surface area contributed by atoms with E-state index in [4.69, 9.17) is 10.5 Å². The van der Waals surface area contributed by atoms with E-state index in [-0.39, 0.29) is 44.5 Å². The number of rotatable bonds is 6. The molecule has 0 spiro atoms. The van der Waals surface area contributed by atoms with E-state index in [1.165, 1.54) is 6.92 Å². The predicted octanol–water partition coefficient (Wildman–Crippen LogP) is 5.47. The highest BCUT2D eigenvalue weighted by atomic mass is 32.1. The van der Waals surface area contributed by atoms with Crippen LogP contribution in [0.5, 0.6) is 0 Å². The second-order valence-corrected chi connectivity index (χ2v) is 9.66. The van der Waals surface area contributed by atoms with Crippen molar-refractivity contribution in [2.45, 2.75) is 20.0 Å². The minimum atomic E-state index is -4.82. The molecule has 0 aliphatic carbocycles. The number of primary amides is 1. The number of esters is 1. The van der Waals surface area contributed by atoms with Gasteiger partial charge in [0.1, 0.15) is 10.6 Å². The molecule has 204 valence electrons. The topological polar surface area (TPSA) is 129 Å². The molecular weight excluding hydrogens is 547 g/mol. The van der Waals surface area contributed by atoms with Gasteiger partial charge in [-0.3, -0.25) is 9.59 Å². The minimum absolute atomic E-state index is 0.0126. The highest BCUT2D eigenvalue weighted by Crippen LogP contribution is 2.36. The first-order chi connectivity index (χ1) is 19.0. The summed E-state index contributed by atoms with van der Waals surface area (Å²) in [4.78, 5) is 42.3. The molecule has 0 unspecified atom stereocenters. The lowest BCUT2D eigenvalue weighted by molar-refractivity contribution is -0.142. The molecule has 0 saturated carbocycles. The second kappa shape index (κ2) is 10.1. The number of nitrogens with two attached hydrogens (primary N) is 1. The summed E-state index contributed by atoms with van der Waals surface area (Å²) in [5.41, 5.74) is 4.21. The zero-order valence-electron chi connectivity index (χ0n) is 21.0. The summed E-state index contributed by atoms with van der Waals surface area (Å²) < 4.78 is 48.0. The number of ether oxygens (including phenoxy) is 1. The van der Waals surface area contributed by atoms with Gasteiger partial charge < -0.3 is 15.8 Å². The monoisotopic (exact) mass is 567 g/mol. The molecule has 0 saturated heterocycles. The van der Waals surface area contributed by atoms with Gasteiger partial charge in [0.2, 0.25) is 0 Å². The van der Waals surface area contributed by atoms with Gasteiger partial charge in [-0.15, -0.1) is 11.3 Å². The predicted molar refractivity (Wildman–Crippen MR) is 142 cm³/mol. The normalized spacial score (nSPS) is 11.6. The smallest absolute Gasteiger partial charge is 0.433 e. The summed E-state index contributed by atoms with van der Waals surface area (Å²) in [5, 5.41) is 7.72. The van der Waals surface area contributed by atoms with Gasteiger partial charge in [-0.2, -0.15) is 18.3 Å². The first-order valence-corrected chi connectivity index (χ1v) is 12.7. The standard InChI is InChI=1S/C27H20F3N5O4S/c1-3-39-26(38)20-13(2)21(22(31)36)40-25(20)34-24(37)17-12-32-35-19(27(28,29)30)11-18(33-23(17)35)16-10-6-8-14-7-4-5-9-15(14)16/h4-12H,3H2,1-2H3,(H2,31,36)(H,34,37). The molecule has 3 N–H and O–H groups in total. The quantitative estimate of drug-likeness (QED) is 0.262. The van der Waals surface area contributed by atoms with Gasteiger partial charge >= 0.3 is 12.1 Å². The van der Waals surface area contributed by atoms with Crippen molar-refractivity contribution in [3.63, 3.8) is 0 Å². The van der Waals surface area contributed by atoms with Gasteiger partial charge in [0.05, 0.1) is 28.9 Å². The maximum absolute atomic E-state index is 14.1. The zero-order chi connectivity index (χ0) is 28.8. The molecule has 5 rings (SSSR count). The van der Waals surface area contributed by atoms with Crippen molar-refractivity contribution in [3.8, 4) is 11.3 Å². The van der Waals surface area contributed by atoms with Crippen molar-refractivity contribution >= 4 is 50.5 Å². The number of nitrogens with zero attached hydrogens (tertiary/aromatic N) is 3. The van der Waals surface area contributed by atoms with E-state index in [1.54, 1.807) is 31.2 Å². The summed E-state index contributed by atoms with van der Waals surface area (Å²) in [6.07, 6.45) is -3.86. The summed E-state index contributed by atoms with van der Waals surface area (Å²) in [6.45, 7) is 3.09. The molecule has 0 aliphatic heterocycles. The molecule has 2 aromatic carbocycles. The Labute approximate surface area is 228 Å². The van der Waals surface area contributed by atoms with Crippen LogP contribution in [-0.4, -0.2) is 39.0 Å². The van der Waals surface area contributed by atoms with Crippen molar-refractivity contribution in [3.05, 3.63) is 82.0 Å². The molecular formula is C27H20F3N5O4S. The average Bonchev–Trinajstić information content (AvgIpc) is 3.48. The number of hydrogen-bond donors (Lipinski definition) is 2. The van der Waals surface area contributed by atoms with E-state index >= 15 is 0 Å². The number of alkyl halides is 3. The number of carbonyl (C=O) groups is 3. The van der Waals surface area contributed by atoms with Crippen LogP contribution >= 0.6 is 11.3 Å². The van der Waals surface area contributed by atoms with Gasteiger partial charge in [-0.1, -0.05) is 42.5 Å². The molecule has 0 fully saturated rings. The van der Waals surface area contributed by atoms with Gasteiger partial charge in [-0.25, -0.2) is 14.3 Å². The molecule has 5 aromatic rings. The van der Waals surface area contributed by atoms with Gasteiger partial charge in [0.15, 0.2) is 11.3 Å². The Hall–Kier alpha value is -4.78. The Kier molecular flexibility index (Phi) is 6.75. The third-order valence-electron chi connectivity index (χ3n) is 6.15. The molecule has 40 heavy (non-hydrogen) atoms. The first kappa shape index (κ1) is 26.8. The maximum Gasteiger partial charge on any atom is 0.433 e. The van der Waals surface area contributed by atoms with Crippen molar-refractivity contribution < 1.29 is 32.3 Å². The van der Waals surface area contributed by atoms with E-state index in [9.17, 15) is 27.6 Å². The van der Waals surface area contributed by atoms with Crippen LogP contribution in [0.25, 0.3) is 27.7 Å². The van der Waals surface area contributed by atoms with E-state index < -0.39 is 29.7 Å². The number of aromatic nitrogens is 3. The molecule has 3 heterocycles. The molecule has 3 aromatic heterocycles. The Morgan fingerprint density at radius 3 is 2.55 bits per heavy atom. The van der Waals surface area contributed by atoms with Crippen molar-refractivity contribution in [2.24, 2.45) is 5.73 Å². The molecule has 0 radical (unpaired) electrons. The number of thiophene rings is 1. The highest BCUT2D eigenvalue weighted by molar-refractivity contribution is 7.18. The lowest BCUT2D eigenvalue weighted by atomic mass is 10.0. The van der Waals surface area contributed by atoms with Gasteiger partial charge in [0, 0.05) is 5.56 Å². The largest absolute Gasteiger partial charge is 0.462 e. The van der Waals surface area contributed by atoms with E-state index in [0.29, 0.717) is 15.5 Å². The van der Waals surface area contributed by atoms with Crippen LogP contribution in [0.2, 0.25) is 0 Å². The number of anilines is 1. The fraction of sp³-hybridized carbons (Fsp3) is 0.148. The SMILES string of the molecule is CCOC(=O)c1c(NC(=O)c2cnn3c(C(F)(F)F)cc(-c4cccc5ccccc45)nc23)sc(C(N)=O)c1C. The third-order valence-corrected chi connectivity index (χ3v) is 7.37. The van der Waals surface area contributed by atoms with Crippen LogP contribution in [0, 0.1) is 6.92 Å². The van der Waals surface area contributed by atoms with Crippen LogP contribution in [0.3, 0.4) is 0 Å². The second-order valence-electron chi connectivity index (χ2n) is 8.64. The van der Waals surface area contributed by atoms with E-state index in [2.05, 4.69) is 15.4 Å². The van der Waals surface area contributed by atoms with Crippen LogP contribution in [0.4, 0.5) is 18.2 Å². The fourth-order valence-electron chi connectivity index (χ4n) is 4.37. The molecule has 13 heteroatoms. The van der Waals surface area contributed by atoms with Gasteiger partial charge in [0.25, 0.3) is 11.8 Å². The molecule has 9 nitrogen and oxygen atoms in total. The first-order valence-electron chi connectivity index (χ1n) is 11.9. The lowest BCUT2D eigenvalue weighted by Crippen LogP contribution is -2.17. The number of halogens is 3. The Balaban J connectivity index is 1.66. The van der Waals surface area contributed by atoms with Crippen LogP contribution in [-0.2, 0) is 10.9 Å². The van der Waals surface area contributed by atoms with Crippen LogP contribution < -0.4 is 11.1 Å². The summed E-state index contributed by atoms with van der Waals surface area (Å²) in [5.74, 6) is -2.51. The van der Waals surface area contributed by atoms with Crippen molar-refractivity contribution in [1.82, 2.24) is 14.6 Å². The number of carbonyl (C=O) groups excluding carboxylic acids is 3. The molecule has 0 bridgehead atoms. The van der Waals surface area contributed by atoms with E-state index in [1.807, 2.05) is 18.2 Å². The minimum Gasteiger partial charge on any atom is -0.462 e. The summed E-state index contributed by atoms with van der Waals surface area (Å²) in [6, 6.07) is 13.2. The maximum atomic E-state index is 14.1. The van der Waals surface area contributed by atoms with Gasteiger partial charge in [-0.05, 0) is 36.2 Å². The van der Waals surface area contributed by atoms with Crippen LogP contribution in [0.15, 0.2) is 54.7 Å². The zero-order valence-corrected chi connectivity index (χ0v) is 21.8. The number of hydrogen-bond acceptors (Lipinski definition) is 7. The van der Waals surface area contributed by atoms with Crippen LogP contribution in [0.1, 0.15) is 48.6 Å². The molecule has 0 atom stereocenters. The third kappa shape index (κ3) is 4.64. The Morgan fingerprint density at radius 1 is 1.12 bits per heavy atom. The number of benzene rings is 2. The number of fused-ring (bicyclic) bond motifs is 2. The lowest BCUT2D eigenvalue weighted by Gasteiger charge is -2.13. The number of nitrogens with one attached hydrogen (secondary N) is 1. The summed E-state index contributed by atoms with van der Waals surface area (Å²) in [7, 11) is 0. The fourth-order valence-corrected chi connectivity index (χ4v) is 5.41. The van der Waals surface area contributed by atoms with Crippen molar-refractivity contribution in [2.75, 3.05) is 11.9 Å². The molecule has 0 aliphatic rings. The average molecular weight is 568 g/mol. The number of amides is 2. The Bertz CT molecular complexity index is 1820. The summed E-state index contributed by atoms with van der Waals surface area (Å²) >= 11 is 0.753. The molecule has 2 amide bonds. The highest BCUT2D eigenvalue weighted by Gasteiger charge is 2.36. The van der Waals surface area contributed by atoms with E-state index in [0.717, 1.165) is 29.0 Å². The van der Waals surface area contributed by atoms with Crippen molar-refractivity contribution in [1.29, 1.82) is 0 Å².